The maximum absolute atomic E-state index is 14.4. The number of methoxy groups -OCH3 is 1. The van der Waals surface area contributed by atoms with E-state index in [1.54, 1.807) is 84.9 Å². The number of esters is 5. The van der Waals surface area contributed by atoms with E-state index >= 15 is 0 Å². The standard InChI is InChI=1S/C52H42O15/c1-30(53)62-45-42-37(55)27-38(31-23-25-36(54)26-24-31)63-40(42)28-39(60-2)43(45)46-48(67-52(59)35-21-13-6-14-22-35)47(66-51(58)34-19-11-5-12-20-34)44(65-50(57)33-17-9-4-10-18-33)41(64-46)29-61-49(56)32-15-7-3-8-16-32/h3-26,28,38,41,44,46-48,54H,27,29H2,1-2H3/t38?,41-,44-,46+,47+,48+/m1/s1. The van der Waals surface area contributed by atoms with Crippen molar-refractivity contribution >= 4 is 35.6 Å². The molecule has 1 saturated heterocycles. The summed E-state index contributed by atoms with van der Waals surface area (Å²) in [5.41, 5.74) is 0.588. The highest BCUT2D eigenvalue weighted by Gasteiger charge is 2.55. The van der Waals surface area contributed by atoms with Gasteiger partial charge in [-0.05, 0) is 66.2 Å². The van der Waals surface area contributed by atoms with Crippen LogP contribution in [-0.2, 0) is 28.5 Å². The Morgan fingerprint density at radius 2 is 1.10 bits per heavy atom. The molecule has 1 unspecified atom stereocenters. The van der Waals surface area contributed by atoms with Crippen LogP contribution in [0.5, 0.6) is 23.0 Å². The van der Waals surface area contributed by atoms with Crippen molar-refractivity contribution in [3.8, 4) is 23.0 Å². The molecule has 15 nitrogen and oxygen atoms in total. The number of rotatable bonds is 13. The van der Waals surface area contributed by atoms with Gasteiger partial charge >= 0.3 is 29.8 Å². The zero-order chi connectivity index (χ0) is 47.0. The van der Waals surface area contributed by atoms with Crippen molar-refractivity contribution in [2.45, 2.75) is 50.0 Å². The largest absolute Gasteiger partial charge is 0.508 e. The maximum atomic E-state index is 14.4. The van der Waals surface area contributed by atoms with Crippen LogP contribution in [0.25, 0.3) is 0 Å². The zero-order valence-electron chi connectivity index (χ0n) is 36.0. The Morgan fingerprint density at radius 3 is 1.60 bits per heavy atom. The third-order valence-corrected chi connectivity index (χ3v) is 11.0. The summed E-state index contributed by atoms with van der Waals surface area (Å²) in [5, 5.41) is 9.92. The molecule has 6 aromatic carbocycles. The van der Waals surface area contributed by atoms with E-state index in [0.29, 0.717) is 5.56 Å². The number of ether oxygens (including phenoxy) is 8. The zero-order valence-corrected chi connectivity index (χ0v) is 36.0. The predicted molar refractivity (Wildman–Crippen MR) is 236 cm³/mol. The number of benzene rings is 6. The first kappa shape index (κ1) is 45.3. The van der Waals surface area contributed by atoms with Crippen LogP contribution < -0.4 is 14.2 Å². The molecule has 0 aromatic heterocycles. The number of ketones is 1. The summed E-state index contributed by atoms with van der Waals surface area (Å²) >= 11 is 0. The first-order valence-electron chi connectivity index (χ1n) is 21.1. The van der Waals surface area contributed by atoms with Crippen molar-refractivity contribution in [1.82, 2.24) is 0 Å². The molecular formula is C52H42O15. The molecule has 0 bridgehead atoms. The number of aromatic hydroxyl groups is 1. The van der Waals surface area contributed by atoms with Gasteiger partial charge < -0.3 is 43.0 Å². The molecule has 0 radical (unpaired) electrons. The fraction of sp³-hybridized carbons (Fsp3) is 0.192. The van der Waals surface area contributed by atoms with E-state index in [9.17, 15) is 33.9 Å². The molecule has 1 N–H and O–H groups in total. The van der Waals surface area contributed by atoms with Gasteiger partial charge in [0, 0.05) is 13.0 Å². The molecule has 8 rings (SSSR count). The number of hydrogen-bond donors (Lipinski definition) is 1. The SMILES string of the molecule is COc1cc2c(c(OC(C)=O)c1[C@@H]1O[C@H](COC(=O)c3ccccc3)[C@@H](OC(=O)c3ccccc3)[C@H](OC(=O)c3ccccc3)[C@H]1OC(=O)c1ccccc1)C(=O)CC(c1ccc(O)cc1)O2. The van der Waals surface area contributed by atoms with Crippen LogP contribution in [-0.4, -0.2) is 78.9 Å². The normalized spacial score (nSPS) is 19.6. The van der Waals surface area contributed by atoms with Crippen molar-refractivity contribution < 1.29 is 71.8 Å². The number of carbonyl (C=O) groups is 6. The fourth-order valence-corrected chi connectivity index (χ4v) is 7.81. The van der Waals surface area contributed by atoms with Gasteiger partial charge in [-0.1, -0.05) is 84.9 Å². The smallest absolute Gasteiger partial charge is 0.338 e. The highest BCUT2D eigenvalue weighted by Crippen LogP contribution is 2.52. The first-order valence-corrected chi connectivity index (χ1v) is 21.1. The molecule has 0 spiro atoms. The van der Waals surface area contributed by atoms with Gasteiger partial charge in [0.25, 0.3) is 0 Å². The predicted octanol–water partition coefficient (Wildman–Crippen LogP) is 8.01. The lowest BCUT2D eigenvalue weighted by atomic mass is 9.86. The second kappa shape index (κ2) is 20.3. The fourth-order valence-electron chi connectivity index (χ4n) is 7.81. The summed E-state index contributed by atoms with van der Waals surface area (Å²) in [6.07, 6.45) is -9.62. The Labute approximate surface area is 383 Å². The summed E-state index contributed by atoms with van der Waals surface area (Å²) in [5.74, 6) is -5.53. The van der Waals surface area contributed by atoms with Crippen LogP contribution in [0.3, 0.4) is 0 Å². The molecule has 0 aliphatic carbocycles. The number of fused-ring (bicyclic) bond motifs is 1. The Kier molecular flexibility index (Phi) is 13.7. The van der Waals surface area contributed by atoms with Crippen molar-refractivity contribution in [1.29, 1.82) is 0 Å². The third kappa shape index (κ3) is 10.2. The van der Waals surface area contributed by atoms with Gasteiger partial charge in [0.15, 0.2) is 29.8 Å². The summed E-state index contributed by atoms with van der Waals surface area (Å²) < 4.78 is 49.5. The molecule has 2 aliphatic heterocycles. The molecule has 2 aliphatic rings. The van der Waals surface area contributed by atoms with Gasteiger partial charge in [-0.2, -0.15) is 0 Å². The minimum Gasteiger partial charge on any atom is -0.508 e. The Morgan fingerprint density at radius 1 is 0.627 bits per heavy atom. The molecule has 15 heteroatoms. The van der Waals surface area contributed by atoms with Gasteiger partial charge in [0.2, 0.25) is 0 Å². The average Bonchev–Trinajstić information content (AvgIpc) is 3.35. The second-order valence-corrected chi connectivity index (χ2v) is 15.4. The summed E-state index contributed by atoms with van der Waals surface area (Å²) in [6, 6.07) is 39.1. The number of carbonyl (C=O) groups excluding carboxylic acids is 6. The lowest BCUT2D eigenvalue weighted by molar-refractivity contribution is -0.232. The van der Waals surface area contributed by atoms with Crippen LogP contribution in [0.2, 0.25) is 0 Å². The summed E-state index contributed by atoms with van der Waals surface area (Å²) in [6.45, 7) is 0.454. The van der Waals surface area contributed by atoms with E-state index in [4.69, 9.17) is 37.9 Å². The molecule has 340 valence electrons. The van der Waals surface area contributed by atoms with Crippen molar-refractivity contribution in [3.05, 3.63) is 191 Å². The van der Waals surface area contributed by atoms with E-state index in [1.165, 1.54) is 73.8 Å². The van der Waals surface area contributed by atoms with Gasteiger partial charge in [0.05, 0.1) is 41.3 Å². The molecule has 67 heavy (non-hydrogen) atoms. The number of phenolic OH excluding ortho intramolecular Hbond substituents is 1. The second-order valence-electron chi connectivity index (χ2n) is 15.4. The van der Waals surface area contributed by atoms with E-state index < -0.39 is 84.6 Å². The van der Waals surface area contributed by atoms with E-state index in [0.717, 1.165) is 6.92 Å². The maximum Gasteiger partial charge on any atom is 0.338 e. The van der Waals surface area contributed by atoms with Crippen molar-refractivity contribution in [3.63, 3.8) is 0 Å². The van der Waals surface area contributed by atoms with E-state index in [2.05, 4.69) is 0 Å². The van der Waals surface area contributed by atoms with Crippen LogP contribution in [0.4, 0.5) is 0 Å². The highest BCUT2D eigenvalue weighted by atomic mass is 16.7. The molecule has 1 fully saturated rings. The van der Waals surface area contributed by atoms with Crippen LogP contribution in [0, 0.1) is 0 Å². The first-order chi connectivity index (χ1) is 32.5. The molecule has 0 amide bonds. The van der Waals surface area contributed by atoms with Gasteiger partial charge in [-0.25, -0.2) is 19.2 Å². The number of phenols is 1. The minimum atomic E-state index is -1.80. The highest BCUT2D eigenvalue weighted by molar-refractivity contribution is 6.04. The van der Waals surface area contributed by atoms with Gasteiger partial charge in [0.1, 0.15) is 47.7 Å². The Bertz CT molecular complexity index is 2760. The number of Topliss-reactive ketones (excluding diaryl/α,β-unsaturated/α-hetero) is 1. The van der Waals surface area contributed by atoms with Crippen LogP contribution >= 0.6 is 0 Å². The quantitative estimate of drug-likeness (QED) is 0.0664. The topological polar surface area (TPSA) is 196 Å². The molecular weight excluding hydrogens is 865 g/mol. The lowest BCUT2D eigenvalue weighted by Gasteiger charge is -2.45. The molecule has 2 heterocycles. The van der Waals surface area contributed by atoms with Crippen LogP contribution in [0.15, 0.2) is 152 Å². The molecule has 6 aromatic rings. The third-order valence-electron chi connectivity index (χ3n) is 11.0. The van der Waals surface area contributed by atoms with Gasteiger partial charge in [-0.15, -0.1) is 0 Å². The van der Waals surface area contributed by atoms with Gasteiger partial charge in [-0.3, -0.25) is 9.59 Å². The summed E-state index contributed by atoms with van der Waals surface area (Å²) in [4.78, 5) is 83.6. The number of hydrogen-bond acceptors (Lipinski definition) is 15. The van der Waals surface area contributed by atoms with Crippen molar-refractivity contribution in [2.24, 2.45) is 0 Å². The van der Waals surface area contributed by atoms with E-state index in [-0.39, 0.29) is 57.1 Å². The Hall–Kier alpha value is -8.30. The van der Waals surface area contributed by atoms with E-state index in [1.807, 2.05) is 0 Å². The summed E-state index contributed by atoms with van der Waals surface area (Å²) in [7, 11) is 1.29. The minimum absolute atomic E-state index is 0.00250. The average molecular weight is 907 g/mol. The molecule has 0 saturated carbocycles. The van der Waals surface area contributed by atoms with Crippen molar-refractivity contribution in [2.75, 3.05) is 13.7 Å². The molecule has 6 atom stereocenters. The Balaban J connectivity index is 1.32. The lowest BCUT2D eigenvalue weighted by Crippen LogP contribution is -2.60. The monoisotopic (exact) mass is 906 g/mol. The van der Waals surface area contributed by atoms with Crippen LogP contribution in [0.1, 0.15) is 88.5 Å².